The Hall–Kier alpha value is -1.01. The molecule has 0 bridgehead atoms. The lowest BCUT2D eigenvalue weighted by molar-refractivity contribution is -0.141. The molecule has 15 heavy (non-hydrogen) atoms. The van der Waals surface area contributed by atoms with Crippen LogP contribution in [0.1, 0.15) is 16.2 Å². The molecule has 1 aromatic heterocycles. The smallest absolute Gasteiger partial charge is 0.433 e. The number of alkyl halides is 3. The number of hydrogen-bond acceptors (Lipinski definition) is 2. The van der Waals surface area contributed by atoms with E-state index >= 15 is 0 Å². The Labute approximate surface area is 91.4 Å². The Morgan fingerprint density at radius 2 is 1.93 bits per heavy atom. The molecule has 0 aliphatic rings. The van der Waals surface area contributed by atoms with Crippen LogP contribution in [0.15, 0.2) is 6.07 Å². The summed E-state index contributed by atoms with van der Waals surface area (Å²) in [5.74, 6) is -1.67. The second kappa shape index (κ2) is 3.86. The van der Waals surface area contributed by atoms with Gasteiger partial charge < -0.3 is 5.11 Å². The van der Waals surface area contributed by atoms with E-state index in [0.29, 0.717) is 6.07 Å². The first kappa shape index (κ1) is 12.1. The van der Waals surface area contributed by atoms with Crippen molar-refractivity contribution in [2.24, 2.45) is 0 Å². The van der Waals surface area contributed by atoms with Crippen molar-refractivity contribution >= 4 is 29.2 Å². The van der Waals surface area contributed by atoms with Crippen LogP contribution in [0.2, 0.25) is 10.0 Å². The Morgan fingerprint density at radius 3 is 2.33 bits per heavy atom. The van der Waals surface area contributed by atoms with Crippen LogP contribution in [0.5, 0.6) is 0 Å². The fourth-order valence-electron chi connectivity index (χ4n) is 0.785. The van der Waals surface area contributed by atoms with Gasteiger partial charge in [0.1, 0.15) is 5.69 Å². The summed E-state index contributed by atoms with van der Waals surface area (Å²) in [6, 6.07) is 0.469. The maximum absolute atomic E-state index is 12.2. The minimum absolute atomic E-state index is 0.469. The fourth-order valence-corrected chi connectivity index (χ4v) is 1.16. The molecule has 1 rings (SSSR count). The van der Waals surface area contributed by atoms with E-state index in [0.717, 1.165) is 0 Å². The van der Waals surface area contributed by atoms with Gasteiger partial charge >= 0.3 is 12.1 Å². The molecule has 0 unspecified atom stereocenters. The summed E-state index contributed by atoms with van der Waals surface area (Å²) in [4.78, 5) is 13.3. The average molecular weight is 260 g/mol. The molecule has 1 aromatic rings. The third-order valence-electron chi connectivity index (χ3n) is 1.41. The van der Waals surface area contributed by atoms with Crippen molar-refractivity contribution in [1.82, 2.24) is 4.98 Å². The summed E-state index contributed by atoms with van der Waals surface area (Å²) >= 11 is 10.7. The van der Waals surface area contributed by atoms with Crippen LogP contribution < -0.4 is 0 Å². The Balaban J connectivity index is 3.43. The monoisotopic (exact) mass is 259 g/mol. The molecule has 0 spiro atoms. The zero-order valence-corrected chi connectivity index (χ0v) is 8.28. The lowest BCUT2D eigenvalue weighted by atomic mass is 10.3. The third kappa shape index (κ3) is 2.51. The molecule has 0 saturated carbocycles. The second-order valence-corrected chi connectivity index (χ2v) is 3.24. The summed E-state index contributed by atoms with van der Waals surface area (Å²) in [7, 11) is 0. The molecular formula is C7H2Cl2F3NO2. The average Bonchev–Trinajstić information content (AvgIpc) is 2.06. The number of carboxylic acid groups (broad SMARTS) is 1. The van der Waals surface area contributed by atoms with Gasteiger partial charge in [-0.25, -0.2) is 9.78 Å². The lowest BCUT2D eigenvalue weighted by Crippen LogP contribution is -2.12. The normalized spacial score (nSPS) is 11.5. The molecule has 0 aliphatic heterocycles. The van der Waals surface area contributed by atoms with Crippen molar-refractivity contribution in [2.75, 3.05) is 0 Å². The molecule has 0 radical (unpaired) electrons. The van der Waals surface area contributed by atoms with Gasteiger partial charge in [0, 0.05) is 0 Å². The van der Waals surface area contributed by atoms with Crippen molar-refractivity contribution in [2.45, 2.75) is 6.18 Å². The number of aromatic carboxylic acids is 1. The zero-order chi connectivity index (χ0) is 11.8. The fraction of sp³-hybridized carbons (Fsp3) is 0.143. The van der Waals surface area contributed by atoms with E-state index in [4.69, 9.17) is 28.3 Å². The number of hydrogen-bond donors (Lipinski definition) is 1. The summed E-state index contributed by atoms with van der Waals surface area (Å²) in [5.41, 5.74) is -2.31. The first-order valence-electron chi connectivity index (χ1n) is 3.40. The van der Waals surface area contributed by atoms with Gasteiger partial charge in [0.2, 0.25) is 0 Å². The van der Waals surface area contributed by atoms with E-state index in [9.17, 15) is 18.0 Å². The van der Waals surface area contributed by atoms with Gasteiger partial charge in [-0.1, -0.05) is 23.2 Å². The van der Waals surface area contributed by atoms with Crippen molar-refractivity contribution in [3.8, 4) is 0 Å². The number of rotatable bonds is 1. The zero-order valence-electron chi connectivity index (χ0n) is 6.77. The quantitative estimate of drug-likeness (QED) is 0.843. The number of halogens is 5. The van der Waals surface area contributed by atoms with Crippen LogP contribution in [-0.2, 0) is 6.18 Å². The van der Waals surface area contributed by atoms with Gasteiger partial charge in [-0.2, -0.15) is 13.2 Å². The highest BCUT2D eigenvalue weighted by Crippen LogP contribution is 2.33. The Morgan fingerprint density at radius 1 is 1.40 bits per heavy atom. The molecule has 0 atom stereocenters. The van der Waals surface area contributed by atoms with Crippen molar-refractivity contribution in [3.63, 3.8) is 0 Å². The molecule has 0 amide bonds. The lowest BCUT2D eigenvalue weighted by Gasteiger charge is -2.08. The molecule has 1 N–H and O–H groups in total. The highest BCUT2D eigenvalue weighted by atomic mass is 35.5. The molecule has 82 valence electrons. The number of pyridine rings is 1. The Bertz CT molecular complexity index is 419. The molecule has 3 nitrogen and oxygen atoms in total. The van der Waals surface area contributed by atoms with E-state index in [2.05, 4.69) is 4.98 Å². The predicted octanol–water partition coefficient (Wildman–Crippen LogP) is 3.11. The highest BCUT2D eigenvalue weighted by molar-refractivity contribution is 6.43. The van der Waals surface area contributed by atoms with Crippen molar-refractivity contribution in [1.29, 1.82) is 0 Å². The maximum atomic E-state index is 12.2. The maximum Gasteiger partial charge on any atom is 0.433 e. The van der Waals surface area contributed by atoms with Gasteiger partial charge in [-0.3, -0.25) is 0 Å². The minimum Gasteiger partial charge on any atom is -0.476 e. The molecule has 8 heteroatoms. The largest absolute Gasteiger partial charge is 0.476 e. The van der Waals surface area contributed by atoms with Crippen LogP contribution in [0.4, 0.5) is 13.2 Å². The number of carboxylic acids is 1. The number of carbonyl (C=O) groups is 1. The van der Waals surface area contributed by atoms with Crippen LogP contribution in [0, 0.1) is 0 Å². The number of aromatic nitrogens is 1. The van der Waals surface area contributed by atoms with Crippen LogP contribution in [-0.4, -0.2) is 16.1 Å². The molecule has 0 fully saturated rings. The minimum atomic E-state index is -4.77. The first-order valence-corrected chi connectivity index (χ1v) is 4.15. The molecule has 0 aliphatic carbocycles. The highest BCUT2D eigenvalue weighted by Gasteiger charge is 2.34. The van der Waals surface area contributed by atoms with Gasteiger partial charge in [-0.15, -0.1) is 0 Å². The standard InChI is InChI=1S/C7H2Cl2F3NO2/c8-2-1-3(7(10,11)12)13-5(4(2)9)6(14)15/h1H,(H,14,15). The van der Waals surface area contributed by atoms with Gasteiger partial charge in [0.05, 0.1) is 10.0 Å². The molecule has 0 aromatic carbocycles. The molecule has 0 saturated heterocycles. The third-order valence-corrected chi connectivity index (χ3v) is 2.18. The van der Waals surface area contributed by atoms with E-state index in [-0.39, 0.29) is 0 Å². The van der Waals surface area contributed by atoms with E-state index in [1.165, 1.54) is 0 Å². The summed E-state index contributed by atoms with van der Waals surface area (Å²) in [6.07, 6.45) is -4.77. The SMILES string of the molecule is O=C(O)c1nc(C(F)(F)F)cc(Cl)c1Cl. The Kier molecular flexibility index (Phi) is 3.11. The molecule has 1 heterocycles. The molecular weight excluding hydrogens is 258 g/mol. The van der Waals surface area contributed by atoms with Crippen LogP contribution in [0.3, 0.4) is 0 Å². The topological polar surface area (TPSA) is 50.2 Å². The van der Waals surface area contributed by atoms with E-state index < -0.39 is 33.6 Å². The van der Waals surface area contributed by atoms with Crippen molar-refractivity contribution in [3.05, 3.63) is 27.5 Å². The summed E-state index contributed by atoms with van der Waals surface area (Å²) < 4.78 is 36.6. The second-order valence-electron chi connectivity index (χ2n) is 2.45. The van der Waals surface area contributed by atoms with E-state index in [1.807, 2.05) is 0 Å². The van der Waals surface area contributed by atoms with Crippen LogP contribution >= 0.6 is 23.2 Å². The van der Waals surface area contributed by atoms with E-state index in [1.54, 1.807) is 0 Å². The summed E-state index contributed by atoms with van der Waals surface area (Å²) in [6.45, 7) is 0. The summed E-state index contributed by atoms with van der Waals surface area (Å²) in [5, 5.41) is 7.49. The van der Waals surface area contributed by atoms with Gasteiger partial charge in [0.15, 0.2) is 5.69 Å². The number of nitrogens with zero attached hydrogens (tertiary/aromatic N) is 1. The van der Waals surface area contributed by atoms with Gasteiger partial charge in [-0.05, 0) is 6.07 Å². The van der Waals surface area contributed by atoms with Crippen LogP contribution in [0.25, 0.3) is 0 Å². The van der Waals surface area contributed by atoms with Crippen molar-refractivity contribution < 1.29 is 23.1 Å². The predicted molar refractivity (Wildman–Crippen MR) is 46.2 cm³/mol. The first-order chi connectivity index (χ1) is 6.73. The van der Waals surface area contributed by atoms with Gasteiger partial charge in [0.25, 0.3) is 0 Å².